The van der Waals surface area contributed by atoms with Gasteiger partial charge in [-0.1, -0.05) is 12.1 Å². The number of nitrogens with zero attached hydrogens (tertiary/aromatic N) is 4. The van der Waals surface area contributed by atoms with Gasteiger partial charge in [-0.3, -0.25) is 4.79 Å². The molecule has 3 aliphatic heterocycles. The Hall–Kier alpha value is -2.90. The molecule has 32 heavy (non-hydrogen) atoms. The van der Waals surface area contributed by atoms with E-state index >= 15 is 0 Å². The maximum atomic E-state index is 12.4. The van der Waals surface area contributed by atoms with Gasteiger partial charge in [0.15, 0.2) is 0 Å². The molecule has 7 rings (SSSR count). The fourth-order valence-electron chi connectivity index (χ4n) is 5.46. The summed E-state index contributed by atoms with van der Waals surface area (Å²) < 4.78 is 8.10. The van der Waals surface area contributed by atoms with Crippen molar-refractivity contribution in [2.24, 2.45) is 5.92 Å². The zero-order valence-electron chi connectivity index (χ0n) is 18.1. The molecule has 7 heteroatoms. The fourth-order valence-corrected chi connectivity index (χ4v) is 5.46. The lowest BCUT2D eigenvalue weighted by atomic mass is 9.86. The highest BCUT2D eigenvalue weighted by molar-refractivity contribution is 5.82. The molecule has 164 valence electrons. The second-order valence-electron chi connectivity index (χ2n) is 9.62. The number of rotatable bonds is 3. The lowest BCUT2D eigenvalue weighted by Crippen LogP contribution is -2.56. The maximum absolute atomic E-state index is 12.4. The normalized spacial score (nSPS) is 21.8. The first kappa shape index (κ1) is 18.7. The number of piperazine rings is 1. The summed E-state index contributed by atoms with van der Waals surface area (Å²) in [7, 11) is 0. The number of hydrogen-bond donors (Lipinski definition) is 1. The van der Waals surface area contributed by atoms with E-state index in [1.807, 2.05) is 15.6 Å². The predicted molar refractivity (Wildman–Crippen MR) is 121 cm³/mol. The lowest BCUT2D eigenvalue weighted by Gasteiger charge is -2.39. The molecular formula is C25H27N5O2. The summed E-state index contributed by atoms with van der Waals surface area (Å²) in [6.07, 6.45) is 6.13. The van der Waals surface area contributed by atoms with Gasteiger partial charge in [-0.25, -0.2) is 4.52 Å². The van der Waals surface area contributed by atoms with Crippen LogP contribution in [0.2, 0.25) is 0 Å². The maximum Gasteiger partial charge on any atom is 0.225 e. The summed E-state index contributed by atoms with van der Waals surface area (Å²) >= 11 is 0. The number of amides is 1. The third-order valence-corrected chi connectivity index (χ3v) is 7.60. The third-order valence-electron chi connectivity index (χ3n) is 7.60. The summed E-state index contributed by atoms with van der Waals surface area (Å²) in [4.78, 5) is 16.8. The van der Waals surface area contributed by atoms with E-state index in [-0.39, 0.29) is 5.60 Å². The van der Waals surface area contributed by atoms with Gasteiger partial charge in [-0.15, -0.1) is 0 Å². The summed E-state index contributed by atoms with van der Waals surface area (Å²) in [6, 6.07) is 11.1. The van der Waals surface area contributed by atoms with Gasteiger partial charge in [0.05, 0.1) is 17.8 Å². The fraction of sp³-hybridized carbons (Fsp3) is 0.440. The number of anilines is 1. The monoisotopic (exact) mass is 429 g/mol. The highest BCUT2D eigenvalue weighted by atomic mass is 16.5. The first-order valence-corrected chi connectivity index (χ1v) is 11.7. The van der Waals surface area contributed by atoms with Crippen molar-refractivity contribution in [3.8, 4) is 11.1 Å². The van der Waals surface area contributed by atoms with E-state index in [0.717, 1.165) is 57.6 Å². The number of aromatic nitrogens is 2. The van der Waals surface area contributed by atoms with E-state index in [2.05, 4.69) is 51.8 Å². The average Bonchev–Trinajstić information content (AvgIpc) is 3.43. The number of nitrogens with one attached hydrogen (secondary N) is 1. The topological polar surface area (TPSA) is 62.1 Å². The summed E-state index contributed by atoms with van der Waals surface area (Å²) in [5.74, 6) is 0.657. The Morgan fingerprint density at radius 1 is 1.06 bits per heavy atom. The van der Waals surface area contributed by atoms with Gasteiger partial charge in [-0.2, -0.15) is 5.10 Å². The van der Waals surface area contributed by atoms with E-state index in [9.17, 15) is 4.79 Å². The average molecular weight is 430 g/mol. The van der Waals surface area contributed by atoms with Crippen LogP contribution in [-0.4, -0.2) is 59.7 Å². The molecule has 5 heterocycles. The number of hydrogen-bond acceptors (Lipinski definition) is 5. The molecule has 2 aromatic heterocycles. The van der Waals surface area contributed by atoms with Crippen LogP contribution in [0.3, 0.4) is 0 Å². The predicted octanol–water partition coefficient (Wildman–Crippen LogP) is 2.39. The molecule has 1 saturated carbocycles. The molecule has 1 aliphatic carbocycles. The molecule has 2 saturated heterocycles. The number of carbonyl (C=O) groups is 1. The Kier molecular flexibility index (Phi) is 3.96. The minimum atomic E-state index is -0.100. The lowest BCUT2D eigenvalue weighted by molar-refractivity contribution is -0.132. The van der Waals surface area contributed by atoms with Crippen LogP contribution in [-0.2, 0) is 21.7 Å². The van der Waals surface area contributed by atoms with Crippen molar-refractivity contribution in [1.82, 2.24) is 19.8 Å². The van der Waals surface area contributed by atoms with Crippen molar-refractivity contribution in [2.45, 2.75) is 25.0 Å². The molecule has 1 aromatic carbocycles. The molecule has 1 N–H and O–H groups in total. The molecular weight excluding hydrogens is 402 g/mol. The van der Waals surface area contributed by atoms with Crippen molar-refractivity contribution in [2.75, 3.05) is 44.2 Å². The number of carbonyl (C=O) groups excluding carboxylic acids is 1. The molecule has 0 radical (unpaired) electrons. The van der Waals surface area contributed by atoms with Crippen LogP contribution in [0, 0.1) is 5.92 Å². The van der Waals surface area contributed by atoms with Gasteiger partial charge in [0.1, 0.15) is 5.60 Å². The molecule has 3 aromatic rings. The molecule has 1 spiro atoms. The largest absolute Gasteiger partial charge is 0.366 e. The van der Waals surface area contributed by atoms with Crippen LogP contribution in [0.4, 0.5) is 5.69 Å². The molecule has 0 bridgehead atoms. The van der Waals surface area contributed by atoms with E-state index in [1.165, 1.54) is 27.9 Å². The van der Waals surface area contributed by atoms with Gasteiger partial charge in [0.2, 0.25) is 5.91 Å². The van der Waals surface area contributed by atoms with Crippen LogP contribution in [0.25, 0.3) is 16.6 Å². The summed E-state index contributed by atoms with van der Waals surface area (Å²) in [5, 5.41) is 7.91. The molecule has 0 unspecified atom stereocenters. The number of ether oxygens (including phenoxy) is 1. The minimum absolute atomic E-state index is 0.100. The van der Waals surface area contributed by atoms with Crippen LogP contribution in [0.1, 0.15) is 24.0 Å². The van der Waals surface area contributed by atoms with Crippen molar-refractivity contribution >= 4 is 17.1 Å². The Morgan fingerprint density at radius 3 is 2.66 bits per heavy atom. The van der Waals surface area contributed by atoms with Crippen molar-refractivity contribution in [3.05, 3.63) is 53.9 Å². The van der Waals surface area contributed by atoms with E-state index in [4.69, 9.17) is 4.74 Å². The van der Waals surface area contributed by atoms with E-state index < -0.39 is 0 Å². The van der Waals surface area contributed by atoms with E-state index in [1.54, 1.807) is 0 Å². The first-order valence-electron chi connectivity index (χ1n) is 11.7. The van der Waals surface area contributed by atoms with Crippen molar-refractivity contribution in [3.63, 3.8) is 0 Å². The molecule has 1 amide bonds. The SMILES string of the molecule is O=C(C1CC1)N1CCN(c2ccnn3cc(-c4ccc5c(c4)COC54CNC4)cc23)CC1. The highest BCUT2D eigenvalue weighted by Gasteiger charge is 2.45. The third kappa shape index (κ3) is 2.81. The Bertz CT molecular complexity index is 1220. The van der Waals surface area contributed by atoms with Gasteiger partial charge >= 0.3 is 0 Å². The van der Waals surface area contributed by atoms with Crippen LogP contribution in [0.5, 0.6) is 0 Å². The van der Waals surface area contributed by atoms with Gasteiger partial charge in [0.25, 0.3) is 0 Å². The summed E-state index contributed by atoms with van der Waals surface area (Å²) in [5.41, 5.74) is 7.20. The Balaban J connectivity index is 1.16. The second kappa shape index (κ2) is 6.80. The minimum Gasteiger partial charge on any atom is -0.366 e. The number of benzene rings is 1. The summed E-state index contributed by atoms with van der Waals surface area (Å²) in [6.45, 7) is 5.84. The Labute approximate surface area is 186 Å². The molecule has 7 nitrogen and oxygen atoms in total. The number of fused-ring (bicyclic) bond motifs is 3. The van der Waals surface area contributed by atoms with Crippen molar-refractivity contribution < 1.29 is 9.53 Å². The molecule has 0 atom stereocenters. The first-order chi connectivity index (χ1) is 15.7. The zero-order chi connectivity index (χ0) is 21.3. The zero-order valence-corrected chi connectivity index (χ0v) is 18.1. The quantitative estimate of drug-likeness (QED) is 0.693. The van der Waals surface area contributed by atoms with Crippen LogP contribution >= 0.6 is 0 Å². The second-order valence-corrected chi connectivity index (χ2v) is 9.62. The smallest absolute Gasteiger partial charge is 0.225 e. The van der Waals surface area contributed by atoms with Gasteiger partial charge in [0, 0.05) is 63.1 Å². The van der Waals surface area contributed by atoms with Crippen LogP contribution < -0.4 is 10.2 Å². The van der Waals surface area contributed by atoms with Gasteiger partial charge < -0.3 is 19.9 Å². The Morgan fingerprint density at radius 2 is 1.91 bits per heavy atom. The highest BCUT2D eigenvalue weighted by Crippen LogP contribution is 2.41. The van der Waals surface area contributed by atoms with Crippen molar-refractivity contribution in [1.29, 1.82) is 0 Å². The van der Waals surface area contributed by atoms with E-state index in [0.29, 0.717) is 18.4 Å². The molecule has 3 fully saturated rings. The standard InChI is InChI=1S/C25H27N5O2/c31-24(17-1-2-17)29-9-7-28(8-10-29)22-5-6-27-30-13-19(12-23(22)30)18-3-4-21-20(11-18)14-32-25(21)15-26-16-25/h3-6,11-13,17,26H,1-2,7-10,14-16H2. The van der Waals surface area contributed by atoms with Crippen LogP contribution in [0.15, 0.2) is 42.7 Å². The van der Waals surface area contributed by atoms with Gasteiger partial charge in [-0.05, 0) is 47.7 Å². The molecule has 4 aliphatic rings.